The standard InChI is InChI=1S/C24H28Cl2N2O3/c1-16-7-5-10-19(13-16)31-15-23(29)28(14-20-21(25)11-6-12-22(20)26)17(2)24(30)27-18-8-3-4-9-18/h5-7,10-13,17-18H,3-4,8-9,14-15H2,1-2H3,(H,27,30). The van der Waals surface area contributed by atoms with Gasteiger partial charge >= 0.3 is 0 Å². The highest BCUT2D eigenvalue weighted by Crippen LogP contribution is 2.27. The van der Waals surface area contributed by atoms with E-state index in [0.29, 0.717) is 21.4 Å². The van der Waals surface area contributed by atoms with Gasteiger partial charge in [-0.05, 0) is 56.5 Å². The molecule has 2 aromatic carbocycles. The topological polar surface area (TPSA) is 58.6 Å². The number of carbonyl (C=O) groups is 2. The lowest BCUT2D eigenvalue weighted by Crippen LogP contribution is -2.50. The average molecular weight is 463 g/mol. The third kappa shape index (κ3) is 6.37. The van der Waals surface area contributed by atoms with Gasteiger partial charge in [-0.3, -0.25) is 9.59 Å². The zero-order chi connectivity index (χ0) is 22.4. The fourth-order valence-electron chi connectivity index (χ4n) is 3.76. The number of hydrogen-bond donors (Lipinski definition) is 1. The molecule has 1 aliphatic rings. The first-order valence-electron chi connectivity index (χ1n) is 10.6. The first kappa shape index (κ1) is 23.4. The molecule has 1 aliphatic carbocycles. The lowest BCUT2D eigenvalue weighted by Gasteiger charge is -2.30. The molecule has 0 aliphatic heterocycles. The van der Waals surface area contributed by atoms with Crippen LogP contribution in [-0.2, 0) is 16.1 Å². The third-order valence-electron chi connectivity index (χ3n) is 5.61. The summed E-state index contributed by atoms with van der Waals surface area (Å²) in [5.74, 6) is 0.109. The molecule has 7 heteroatoms. The summed E-state index contributed by atoms with van der Waals surface area (Å²) in [6.07, 6.45) is 4.17. The van der Waals surface area contributed by atoms with Crippen molar-refractivity contribution in [2.75, 3.05) is 6.61 Å². The highest BCUT2D eigenvalue weighted by molar-refractivity contribution is 6.36. The van der Waals surface area contributed by atoms with Crippen molar-refractivity contribution < 1.29 is 14.3 Å². The van der Waals surface area contributed by atoms with Gasteiger partial charge in [-0.2, -0.15) is 0 Å². The molecular weight excluding hydrogens is 435 g/mol. The fourth-order valence-corrected chi connectivity index (χ4v) is 4.28. The van der Waals surface area contributed by atoms with Crippen molar-refractivity contribution >= 4 is 35.0 Å². The lowest BCUT2D eigenvalue weighted by atomic mass is 10.1. The maximum atomic E-state index is 13.1. The van der Waals surface area contributed by atoms with Crippen LogP contribution < -0.4 is 10.1 Å². The van der Waals surface area contributed by atoms with Crippen LogP contribution >= 0.6 is 23.2 Å². The number of halogens is 2. The predicted molar refractivity (Wildman–Crippen MR) is 124 cm³/mol. The van der Waals surface area contributed by atoms with E-state index in [1.54, 1.807) is 31.2 Å². The number of nitrogens with zero attached hydrogens (tertiary/aromatic N) is 1. The van der Waals surface area contributed by atoms with E-state index < -0.39 is 6.04 Å². The highest BCUT2D eigenvalue weighted by atomic mass is 35.5. The minimum Gasteiger partial charge on any atom is -0.484 e. The number of carbonyl (C=O) groups excluding carboxylic acids is 2. The number of aryl methyl sites for hydroxylation is 1. The normalized spacial score (nSPS) is 14.8. The monoisotopic (exact) mass is 462 g/mol. The molecule has 1 atom stereocenters. The third-order valence-corrected chi connectivity index (χ3v) is 6.32. The second-order valence-corrected chi connectivity index (χ2v) is 8.81. The van der Waals surface area contributed by atoms with Gasteiger partial charge in [0.15, 0.2) is 6.61 Å². The Bertz CT molecular complexity index is 909. The zero-order valence-corrected chi connectivity index (χ0v) is 19.4. The number of amides is 2. The van der Waals surface area contributed by atoms with Crippen LogP contribution in [0.4, 0.5) is 0 Å². The Morgan fingerprint density at radius 1 is 1.13 bits per heavy atom. The number of ether oxygens (including phenoxy) is 1. The Hall–Kier alpha value is -2.24. The quantitative estimate of drug-likeness (QED) is 0.589. The van der Waals surface area contributed by atoms with Crippen molar-refractivity contribution in [3.8, 4) is 5.75 Å². The van der Waals surface area contributed by atoms with E-state index in [0.717, 1.165) is 31.2 Å². The summed E-state index contributed by atoms with van der Waals surface area (Å²) in [4.78, 5) is 27.5. The molecule has 0 spiro atoms. The summed E-state index contributed by atoms with van der Waals surface area (Å²) in [6, 6.07) is 12.1. The molecule has 0 radical (unpaired) electrons. The molecule has 1 saturated carbocycles. The Morgan fingerprint density at radius 3 is 2.42 bits per heavy atom. The minimum absolute atomic E-state index is 0.119. The second-order valence-electron chi connectivity index (χ2n) is 7.99. The van der Waals surface area contributed by atoms with Crippen LogP contribution in [0.2, 0.25) is 10.0 Å². The van der Waals surface area contributed by atoms with E-state index in [-0.39, 0.29) is 31.0 Å². The van der Waals surface area contributed by atoms with Gasteiger partial charge < -0.3 is 15.0 Å². The van der Waals surface area contributed by atoms with Crippen LogP contribution in [0.15, 0.2) is 42.5 Å². The molecule has 0 bridgehead atoms. The van der Waals surface area contributed by atoms with Gasteiger partial charge in [-0.15, -0.1) is 0 Å². The summed E-state index contributed by atoms with van der Waals surface area (Å²) in [5, 5.41) is 3.97. The first-order chi connectivity index (χ1) is 14.8. The van der Waals surface area contributed by atoms with Gasteiger partial charge in [-0.1, -0.05) is 54.2 Å². The molecule has 1 N–H and O–H groups in total. The average Bonchev–Trinajstić information content (AvgIpc) is 3.24. The maximum absolute atomic E-state index is 13.1. The molecule has 0 heterocycles. The Labute approximate surface area is 193 Å². The van der Waals surface area contributed by atoms with Crippen molar-refractivity contribution in [3.05, 3.63) is 63.6 Å². The van der Waals surface area contributed by atoms with Crippen LogP contribution in [0.1, 0.15) is 43.7 Å². The van der Waals surface area contributed by atoms with Crippen molar-refractivity contribution in [3.63, 3.8) is 0 Å². The molecule has 5 nitrogen and oxygen atoms in total. The second kappa shape index (κ2) is 10.9. The number of nitrogens with one attached hydrogen (secondary N) is 1. The smallest absolute Gasteiger partial charge is 0.261 e. The molecule has 1 fully saturated rings. The number of benzene rings is 2. The van der Waals surface area contributed by atoms with E-state index in [1.807, 2.05) is 25.1 Å². The summed E-state index contributed by atoms with van der Waals surface area (Å²) in [6.45, 7) is 3.61. The van der Waals surface area contributed by atoms with Crippen LogP contribution in [0.3, 0.4) is 0 Å². The molecule has 166 valence electrons. The summed E-state index contributed by atoms with van der Waals surface area (Å²) < 4.78 is 5.70. The van der Waals surface area contributed by atoms with Crippen molar-refractivity contribution in [1.82, 2.24) is 10.2 Å². The van der Waals surface area contributed by atoms with E-state index in [1.165, 1.54) is 4.90 Å². The van der Waals surface area contributed by atoms with E-state index in [2.05, 4.69) is 5.32 Å². The Kier molecular flexibility index (Phi) is 8.22. The Morgan fingerprint density at radius 2 is 1.77 bits per heavy atom. The molecule has 3 rings (SSSR count). The Balaban J connectivity index is 1.76. The molecule has 2 aromatic rings. The SMILES string of the molecule is Cc1cccc(OCC(=O)N(Cc2c(Cl)cccc2Cl)C(C)C(=O)NC2CCCC2)c1. The van der Waals surface area contributed by atoms with Gasteiger partial charge in [0.25, 0.3) is 5.91 Å². The van der Waals surface area contributed by atoms with Crippen molar-refractivity contribution in [2.24, 2.45) is 0 Å². The largest absolute Gasteiger partial charge is 0.484 e. The van der Waals surface area contributed by atoms with Crippen molar-refractivity contribution in [2.45, 2.75) is 58.2 Å². The van der Waals surface area contributed by atoms with Crippen molar-refractivity contribution in [1.29, 1.82) is 0 Å². The highest BCUT2D eigenvalue weighted by Gasteiger charge is 2.29. The molecular formula is C24H28Cl2N2O3. The van der Waals surface area contributed by atoms with Gasteiger partial charge in [0.2, 0.25) is 5.91 Å². The zero-order valence-electron chi connectivity index (χ0n) is 17.9. The van der Waals surface area contributed by atoms with Crippen LogP contribution in [-0.4, -0.2) is 35.4 Å². The van der Waals surface area contributed by atoms with Crippen LogP contribution in [0.5, 0.6) is 5.75 Å². The minimum atomic E-state index is -0.693. The molecule has 1 unspecified atom stereocenters. The van der Waals surface area contributed by atoms with Crippen LogP contribution in [0, 0.1) is 6.92 Å². The maximum Gasteiger partial charge on any atom is 0.261 e. The fraction of sp³-hybridized carbons (Fsp3) is 0.417. The van der Waals surface area contributed by atoms with Gasteiger partial charge in [0, 0.05) is 28.2 Å². The first-order valence-corrected chi connectivity index (χ1v) is 11.3. The van der Waals surface area contributed by atoms with Gasteiger partial charge in [0.1, 0.15) is 11.8 Å². The summed E-state index contributed by atoms with van der Waals surface area (Å²) in [7, 11) is 0. The number of hydrogen-bond acceptors (Lipinski definition) is 3. The van der Waals surface area contributed by atoms with Gasteiger partial charge in [-0.25, -0.2) is 0 Å². The summed E-state index contributed by atoms with van der Waals surface area (Å²) >= 11 is 12.7. The molecule has 31 heavy (non-hydrogen) atoms. The summed E-state index contributed by atoms with van der Waals surface area (Å²) in [5.41, 5.74) is 1.64. The molecule has 0 aromatic heterocycles. The predicted octanol–water partition coefficient (Wildman–Crippen LogP) is 5.16. The lowest BCUT2D eigenvalue weighted by molar-refractivity contribution is -0.142. The van der Waals surface area contributed by atoms with E-state index in [4.69, 9.17) is 27.9 Å². The van der Waals surface area contributed by atoms with E-state index in [9.17, 15) is 9.59 Å². The molecule has 0 saturated heterocycles. The van der Waals surface area contributed by atoms with Crippen LogP contribution in [0.25, 0.3) is 0 Å². The van der Waals surface area contributed by atoms with E-state index >= 15 is 0 Å². The molecule has 2 amide bonds. The number of rotatable bonds is 8. The van der Waals surface area contributed by atoms with Gasteiger partial charge in [0.05, 0.1) is 0 Å².